The Balaban J connectivity index is 0.000000242. The third-order valence-corrected chi connectivity index (χ3v) is 4.78. The molecule has 1 aromatic carbocycles. The van der Waals surface area contributed by atoms with Crippen LogP contribution in [0.15, 0.2) is 43.0 Å². The van der Waals surface area contributed by atoms with E-state index in [1.54, 1.807) is 17.8 Å². The summed E-state index contributed by atoms with van der Waals surface area (Å²) in [7, 11) is 1.89. The predicted octanol–water partition coefficient (Wildman–Crippen LogP) is 5.21. The highest BCUT2D eigenvalue weighted by atomic mass is 127. The van der Waals surface area contributed by atoms with Crippen molar-refractivity contribution in [2.45, 2.75) is 33.1 Å². The smallest absolute Gasteiger partial charge is 0.182 e. The molecule has 176 valence electrons. The molecule has 0 aliphatic carbocycles. The van der Waals surface area contributed by atoms with Crippen molar-refractivity contribution in [2.75, 3.05) is 13.2 Å². The van der Waals surface area contributed by atoms with Crippen LogP contribution in [0.1, 0.15) is 30.7 Å². The highest BCUT2D eigenvalue weighted by molar-refractivity contribution is 14.0. The molecule has 0 bridgehead atoms. The fourth-order valence-corrected chi connectivity index (χ4v) is 2.95. The number of hydrogen-bond donors (Lipinski definition) is 0. The van der Waals surface area contributed by atoms with Crippen molar-refractivity contribution in [1.82, 2.24) is 29.7 Å². The summed E-state index contributed by atoms with van der Waals surface area (Å²) in [4.78, 5) is 16.8. The summed E-state index contributed by atoms with van der Waals surface area (Å²) >= 11 is 0. The SMILES string of the molecule is C1CCOCC1.Cc1nc2ncnc(-c3ccc(F)cc3F)c2nc1C.Cn1cccn1.I. The van der Waals surface area contributed by atoms with E-state index < -0.39 is 11.6 Å². The van der Waals surface area contributed by atoms with Crippen LogP contribution in [0.4, 0.5) is 8.78 Å². The molecule has 0 amide bonds. The number of rotatable bonds is 1. The minimum atomic E-state index is -0.690. The summed E-state index contributed by atoms with van der Waals surface area (Å²) in [5.41, 5.74) is 2.75. The molecule has 1 saturated heterocycles. The molecular weight excluding hydrogens is 541 g/mol. The van der Waals surface area contributed by atoms with E-state index in [0.717, 1.165) is 30.7 Å². The largest absolute Gasteiger partial charge is 0.381 e. The predicted molar refractivity (Wildman–Crippen MR) is 133 cm³/mol. The molecule has 33 heavy (non-hydrogen) atoms. The van der Waals surface area contributed by atoms with Gasteiger partial charge in [-0.05, 0) is 51.3 Å². The molecule has 10 heteroatoms. The Bertz CT molecular complexity index is 1140. The average Bonchev–Trinajstić information content (AvgIpc) is 3.28. The summed E-state index contributed by atoms with van der Waals surface area (Å²) < 4.78 is 33.7. The van der Waals surface area contributed by atoms with Crippen LogP contribution in [0.2, 0.25) is 0 Å². The lowest BCUT2D eigenvalue weighted by atomic mass is 10.1. The molecule has 0 unspecified atom stereocenters. The molecule has 1 fully saturated rings. The number of ether oxygens (including phenoxy) is 1. The van der Waals surface area contributed by atoms with Crippen LogP contribution in [-0.2, 0) is 11.8 Å². The van der Waals surface area contributed by atoms with Gasteiger partial charge in [-0.25, -0.2) is 28.7 Å². The van der Waals surface area contributed by atoms with Gasteiger partial charge in [-0.15, -0.1) is 24.0 Å². The van der Waals surface area contributed by atoms with Gasteiger partial charge in [-0.2, -0.15) is 5.10 Å². The van der Waals surface area contributed by atoms with Crippen molar-refractivity contribution in [2.24, 2.45) is 7.05 Å². The normalized spacial score (nSPS) is 12.6. The summed E-state index contributed by atoms with van der Waals surface area (Å²) in [6.45, 7) is 5.63. The molecule has 0 spiro atoms. The lowest BCUT2D eigenvalue weighted by molar-refractivity contribution is 0.0968. The van der Waals surface area contributed by atoms with Gasteiger partial charge in [0.05, 0.1) is 11.4 Å². The van der Waals surface area contributed by atoms with Crippen molar-refractivity contribution < 1.29 is 13.5 Å². The van der Waals surface area contributed by atoms with E-state index in [1.807, 2.05) is 26.2 Å². The van der Waals surface area contributed by atoms with Gasteiger partial charge in [0.25, 0.3) is 0 Å². The number of benzene rings is 1. The summed E-state index contributed by atoms with van der Waals surface area (Å²) in [5.74, 6) is -1.33. The second-order valence-electron chi connectivity index (χ2n) is 7.27. The van der Waals surface area contributed by atoms with Crippen LogP contribution in [0.3, 0.4) is 0 Å². The molecule has 4 heterocycles. The van der Waals surface area contributed by atoms with Crippen LogP contribution >= 0.6 is 24.0 Å². The van der Waals surface area contributed by atoms with Crippen LogP contribution < -0.4 is 0 Å². The van der Waals surface area contributed by atoms with Gasteiger partial charge >= 0.3 is 0 Å². The monoisotopic (exact) mass is 568 g/mol. The first-order chi connectivity index (χ1) is 15.5. The second kappa shape index (κ2) is 13.2. The fourth-order valence-electron chi connectivity index (χ4n) is 2.95. The Morgan fingerprint density at radius 2 is 1.70 bits per heavy atom. The molecule has 1 aliphatic rings. The third kappa shape index (κ3) is 7.74. The van der Waals surface area contributed by atoms with E-state index in [4.69, 9.17) is 4.74 Å². The van der Waals surface area contributed by atoms with Gasteiger partial charge in [0.15, 0.2) is 5.65 Å². The molecule has 5 rings (SSSR count). The number of fused-ring (bicyclic) bond motifs is 1. The standard InChI is InChI=1S/C14H10F2N4.C5H10O.C4H6N2.HI/c1-7-8(2)20-14-13(19-7)12(17-6-18-14)10-4-3-9(15)5-11(10)16;1-2-4-6-5-3-1;1-6-4-2-3-5-6;/h3-6H,1-2H3;1-5H2;2-4H,1H3;1H. The zero-order valence-electron chi connectivity index (χ0n) is 18.8. The summed E-state index contributed by atoms with van der Waals surface area (Å²) in [6.07, 6.45) is 8.86. The van der Waals surface area contributed by atoms with E-state index in [2.05, 4.69) is 25.0 Å². The first kappa shape index (κ1) is 26.7. The van der Waals surface area contributed by atoms with Gasteiger partial charge in [0.2, 0.25) is 0 Å². The van der Waals surface area contributed by atoms with Crippen LogP contribution in [-0.4, -0.2) is 42.9 Å². The van der Waals surface area contributed by atoms with Crippen molar-refractivity contribution in [3.8, 4) is 11.3 Å². The van der Waals surface area contributed by atoms with Crippen LogP contribution in [0.5, 0.6) is 0 Å². The summed E-state index contributed by atoms with van der Waals surface area (Å²) in [5, 5.41) is 3.83. The molecule has 0 N–H and O–H groups in total. The number of aryl methyl sites for hydroxylation is 3. The Hall–Kier alpha value is -2.60. The van der Waals surface area contributed by atoms with E-state index in [0.29, 0.717) is 16.9 Å². The van der Waals surface area contributed by atoms with Gasteiger partial charge in [-0.3, -0.25) is 4.68 Å². The molecule has 0 saturated carbocycles. The van der Waals surface area contributed by atoms with Gasteiger partial charge in [-0.1, -0.05) is 0 Å². The fraction of sp³-hybridized carbons (Fsp3) is 0.348. The molecule has 1 aliphatic heterocycles. The lowest BCUT2D eigenvalue weighted by Crippen LogP contribution is -2.03. The maximum atomic E-state index is 13.9. The minimum absolute atomic E-state index is 0. The van der Waals surface area contributed by atoms with Crippen LogP contribution in [0, 0.1) is 25.5 Å². The van der Waals surface area contributed by atoms with Crippen molar-refractivity contribution >= 4 is 35.1 Å². The number of nitrogens with zero attached hydrogens (tertiary/aromatic N) is 6. The van der Waals surface area contributed by atoms with E-state index >= 15 is 0 Å². The Morgan fingerprint density at radius 3 is 2.21 bits per heavy atom. The first-order valence-electron chi connectivity index (χ1n) is 10.4. The molecular formula is C23H27F2IN6O. The second-order valence-corrected chi connectivity index (χ2v) is 7.27. The van der Waals surface area contributed by atoms with Gasteiger partial charge in [0, 0.05) is 44.3 Å². The van der Waals surface area contributed by atoms with Crippen molar-refractivity contribution in [3.05, 3.63) is 66.0 Å². The van der Waals surface area contributed by atoms with Crippen LogP contribution in [0.25, 0.3) is 22.4 Å². The Labute approximate surface area is 208 Å². The Morgan fingerprint density at radius 1 is 0.970 bits per heavy atom. The maximum Gasteiger partial charge on any atom is 0.182 e. The zero-order valence-corrected chi connectivity index (χ0v) is 21.2. The molecule has 0 radical (unpaired) electrons. The third-order valence-electron chi connectivity index (χ3n) is 4.78. The average molecular weight is 568 g/mol. The number of halogens is 3. The minimum Gasteiger partial charge on any atom is -0.381 e. The summed E-state index contributed by atoms with van der Waals surface area (Å²) in [6, 6.07) is 5.22. The highest BCUT2D eigenvalue weighted by Crippen LogP contribution is 2.26. The van der Waals surface area contributed by atoms with Crippen molar-refractivity contribution in [1.29, 1.82) is 0 Å². The topological polar surface area (TPSA) is 78.6 Å². The first-order valence-corrected chi connectivity index (χ1v) is 10.4. The number of hydrogen-bond acceptors (Lipinski definition) is 6. The van der Waals surface area contributed by atoms with E-state index in [-0.39, 0.29) is 29.5 Å². The van der Waals surface area contributed by atoms with Gasteiger partial charge in [0.1, 0.15) is 29.2 Å². The Kier molecular flexibility index (Phi) is 10.7. The van der Waals surface area contributed by atoms with E-state index in [9.17, 15) is 8.78 Å². The zero-order chi connectivity index (χ0) is 22.9. The molecule has 3 aromatic heterocycles. The molecule has 4 aromatic rings. The molecule has 7 nitrogen and oxygen atoms in total. The highest BCUT2D eigenvalue weighted by Gasteiger charge is 2.14. The maximum absolute atomic E-state index is 13.9. The quantitative estimate of drug-likeness (QED) is 0.294. The van der Waals surface area contributed by atoms with E-state index in [1.165, 1.54) is 37.7 Å². The lowest BCUT2D eigenvalue weighted by Gasteiger charge is -2.08. The number of aromatic nitrogens is 6. The van der Waals surface area contributed by atoms with Gasteiger partial charge < -0.3 is 4.74 Å². The molecule has 0 atom stereocenters. The van der Waals surface area contributed by atoms with Crippen molar-refractivity contribution in [3.63, 3.8) is 0 Å².